The van der Waals surface area contributed by atoms with Crippen LogP contribution in [0.1, 0.15) is 21.6 Å². The third-order valence-corrected chi connectivity index (χ3v) is 3.96. The zero-order valence-corrected chi connectivity index (χ0v) is 12.1. The summed E-state index contributed by atoms with van der Waals surface area (Å²) in [5, 5.41) is 0.737. The van der Waals surface area contributed by atoms with Gasteiger partial charge in [0.05, 0.1) is 5.69 Å². The van der Waals surface area contributed by atoms with Crippen LogP contribution in [0.4, 0.5) is 0 Å². The number of hydrogen-bond donors (Lipinski definition) is 0. The van der Waals surface area contributed by atoms with Crippen molar-refractivity contribution in [3.8, 4) is 11.1 Å². The molecule has 0 unspecified atom stereocenters. The molecule has 0 atom stereocenters. The number of rotatable bonds is 2. The van der Waals surface area contributed by atoms with Crippen LogP contribution in [0, 0.1) is 13.8 Å². The molecule has 0 amide bonds. The lowest BCUT2D eigenvalue weighted by molar-refractivity contribution is 0.111. The molecule has 0 aliphatic carbocycles. The zero-order valence-electron chi connectivity index (χ0n) is 11.4. The molecular formula is C17H14ClNO. The van der Waals surface area contributed by atoms with E-state index < -0.39 is 0 Å². The monoisotopic (exact) mass is 283 g/mol. The van der Waals surface area contributed by atoms with Crippen LogP contribution in [0.2, 0.25) is 5.02 Å². The van der Waals surface area contributed by atoms with E-state index in [1.54, 1.807) is 0 Å². The summed E-state index contributed by atoms with van der Waals surface area (Å²) in [4.78, 5) is 11.5. The van der Waals surface area contributed by atoms with Crippen molar-refractivity contribution >= 4 is 23.4 Å². The first-order valence-electron chi connectivity index (χ1n) is 6.43. The first-order valence-corrected chi connectivity index (χ1v) is 6.81. The van der Waals surface area contributed by atoms with Crippen molar-refractivity contribution in [1.29, 1.82) is 0 Å². The second kappa shape index (κ2) is 4.80. The molecule has 3 aromatic rings. The Hall–Kier alpha value is -2.06. The molecule has 2 heterocycles. The molecule has 3 rings (SSSR count). The van der Waals surface area contributed by atoms with Gasteiger partial charge in [0, 0.05) is 22.3 Å². The van der Waals surface area contributed by atoms with E-state index in [-0.39, 0.29) is 0 Å². The Morgan fingerprint density at radius 1 is 1.10 bits per heavy atom. The number of nitrogens with zero attached hydrogens (tertiary/aromatic N) is 1. The molecule has 2 nitrogen and oxygen atoms in total. The van der Waals surface area contributed by atoms with Gasteiger partial charge in [-0.15, -0.1) is 0 Å². The first-order chi connectivity index (χ1) is 9.60. The molecule has 0 N–H and O–H groups in total. The Balaban J connectivity index is 2.30. The molecule has 0 spiro atoms. The first kappa shape index (κ1) is 12.9. The summed E-state index contributed by atoms with van der Waals surface area (Å²) in [6, 6.07) is 11.9. The van der Waals surface area contributed by atoms with Gasteiger partial charge in [-0.25, -0.2) is 0 Å². The number of aryl methyl sites for hydroxylation is 2. The second-order valence-electron chi connectivity index (χ2n) is 5.03. The quantitative estimate of drug-likeness (QED) is 0.625. The van der Waals surface area contributed by atoms with Crippen LogP contribution in [0.25, 0.3) is 16.6 Å². The van der Waals surface area contributed by atoms with Crippen LogP contribution in [-0.4, -0.2) is 10.7 Å². The normalized spacial score (nSPS) is 10.9. The minimum atomic E-state index is 0.672. The molecule has 0 radical (unpaired) electrons. The number of aromatic nitrogens is 1. The topological polar surface area (TPSA) is 21.5 Å². The largest absolute Gasteiger partial charge is 0.313 e. The average Bonchev–Trinajstić information content (AvgIpc) is 2.79. The molecule has 0 aliphatic heterocycles. The highest BCUT2D eigenvalue weighted by atomic mass is 35.5. The molecule has 0 aliphatic rings. The molecule has 0 bridgehead atoms. The fraction of sp³-hybridized carbons (Fsp3) is 0.118. The number of carbonyl (C=O) groups excluding carboxylic acids is 1. The fourth-order valence-electron chi connectivity index (χ4n) is 2.46. The van der Waals surface area contributed by atoms with Crippen molar-refractivity contribution in [3.63, 3.8) is 0 Å². The van der Waals surface area contributed by atoms with Gasteiger partial charge >= 0.3 is 0 Å². The molecule has 20 heavy (non-hydrogen) atoms. The Kier molecular flexibility index (Phi) is 3.11. The summed E-state index contributed by atoms with van der Waals surface area (Å²) >= 11 is 6.07. The standard InChI is InChI=1S/C17H14ClNO/c1-11-3-5-14-8-15(17(10-20)19(14)9-11)13-4-6-16(18)12(2)7-13/h3-10H,1-2H3. The maximum atomic E-state index is 11.5. The maximum Gasteiger partial charge on any atom is 0.167 e. The zero-order chi connectivity index (χ0) is 14.3. The van der Waals surface area contributed by atoms with Gasteiger partial charge in [-0.1, -0.05) is 23.7 Å². The Labute approximate surface area is 122 Å². The van der Waals surface area contributed by atoms with E-state index in [0.717, 1.165) is 39.1 Å². The van der Waals surface area contributed by atoms with E-state index in [0.29, 0.717) is 5.69 Å². The Bertz CT molecular complexity index is 817. The summed E-state index contributed by atoms with van der Waals surface area (Å²) in [7, 11) is 0. The molecule has 2 aromatic heterocycles. The van der Waals surface area contributed by atoms with Gasteiger partial charge in [0.15, 0.2) is 6.29 Å². The average molecular weight is 284 g/mol. The van der Waals surface area contributed by atoms with Gasteiger partial charge < -0.3 is 4.40 Å². The Morgan fingerprint density at radius 3 is 2.60 bits per heavy atom. The smallest absolute Gasteiger partial charge is 0.167 e. The predicted octanol–water partition coefficient (Wildman–Crippen LogP) is 4.69. The summed E-state index contributed by atoms with van der Waals surface area (Å²) in [5.41, 5.74) is 5.76. The maximum absolute atomic E-state index is 11.5. The van der Waals surface area contributed by atoms with Gasteiger partial charge in [0.25, 0.3) is 0 Å². The molecule has 1 aromatic carbocycles. The lowest BCUT2D eigenvalue weighted by Gasteiger charge is -2.04. The van der Waals surface area contributed by atoms with Crippen molar-refractivity contribution in [2.24, 2.45) is 0 Å². The third kappa shape index (κ3) is 2.02. The van der Waals surface area contributed by atoms with E-state index in [4.69, 9.17) is 11.6 Å². The van der Waals surface area contributed by atoms with Crippen molar-refractivity contribution in [3.05, 3.63) is 64.4 Å². The highest BCUT2D eigenvalue weighted by molar-refractivity contribution is 6.31. The van der Waals surface area contributed by atoms with Crippen molar-refractivity contribution in [2.75, 3.05) is 0 Å². The van der Waals surface area contributed by atoms with E-state index in [9.17, 15) is 4.79 Å². The van der Waals surface area contributed by atoms with Gasteiger partial charge in [-0.05, 0) is 54.8 Å². The number of carbonyl (C=O) groups is 1. The van der Waals surface area contributed by atoms with Crippen molar-refractivity contribution in [2.45, 2.75) is 13.8 Å². The summed E-state index contributed by atoms with van der Waals surface area (Å²) < 4.78 is 1.93. The lowest BCUT2D eigenvalue weighted by atomic mass is 10.0. The van der Waals surface area contributed by atoms with E-state index >= 15 is 0 Å². The number of hydrogen-bond acceptors (Lipinski definition) is 1. The van der Waals surface area contributed by atoms with Gasteiger partial charge in [0.2, 0.25) is 0 Å². The van der Waals surface area contributed by atoms with E-state index in [1.165, 1.54) is 0 Å². The molecule has 0 saturated carbocycles. The minimum absolute atomic E-state index is 0.672. The molecule has 100 valence electrons. The van der Waals surface area contributed by atoms with Crippen molar-refractivity contribution < 1.29 is 4.79 Å². The van der Waals surface area contributed by atoms with Crippen LogP contribution in [-0.2, 0) is 0 Å². The van der Waals surface area contributed by atoms with Gasteiger partial charge in [0.1, 0.15) is 0 Å². The predicted molar refractivity (Wildman–Crippen MR) is 82.7 cm³/mol. The van der Waals surface area contributed by atoms with E-state index in [2.05, 4.69) is 0 Å². The second-order valence-corrected chi connectivity index (χ2v) is 5.43. The van der Waals surface area contributed by atoms with Crippen molar-refractivity contribution in [1.82, 2.24) is 4.40 Å². The van der Waals surface area contributed by atoms with Crippen LogP contribution in [0.5, 0.6) is 0 Å². The van der Waals surface area contributed by atoms with Crippen LogP contribution < -0.4 is 0 Å². The van der Waals surface area contributed by atoms with Crippen LogP contribution >= 0.6 is 11.6 Å². The summed E-state index contributed by atoms with van der Waals surface area (Å²) in [5.74, 6) is 0. The van der Waals surface area contributed by atoms with Gasteiger partial charge in [-0.2, -0.15) is 0 Å². The molecule has 0 fully saturated rings. The highest BCUT2D eigenvalue weighted by Gasteiger charge is 2.12. The summed E-state index contributed by atoms with van der Waals surface area (Å²) in [6.07, 6.45) is 2.89. The molecular weight excluding hydrogens is 270 g/mol. The van der Waals surface area contributed by atoms with Gasteiger partial charge in [-0.3, -0.25) is 4.79 Å². The minimum Gasteiger partial charge on any atom is -0.313 e. The number of aldehydes is 1. The Morgan fingerprint density at radius 2 is 1.90 bits per heavy atom. The highest BCUT2D eigenvalue weighted by Crippen LogP contribution is 2.29. The third-order valence-electron chi connectivity index (χ3n) is 3.54. The van der Waals surface area contributed by atoms with Crippen LogP contribution in [0.15, 0.2) is 42.6 Å². The van der Waals surface area contributed by atoms with E-state index in [1.807, 2.05) is 60.8 Å². The lowest BCUT2D eigenvalue weighted by Crippen LogP contribution is -1.93. The van der Waals surface area contributed by atoms with Crippen LogP contribution in [0.3, 0.4) is 0 Å². The fourth-order valence-corrected chi connectivity index (χ4v) is 2.58. The summed E-state index contributed by atoms with van der Waals surface area (Å²) in [6.45, 7) is 3.98. The molecule has 0 saturated heterocycles. The number of fused-ring (bicyclic) bond motifs is 1. The number of pyridine rings is 1. The SMILES string of the molecule is Cc1ccc2cc(-c3ccc(Cl)c(C)c3)c(C=O)n2c1. The number of halogens is 1. The number of benzene rings is 1. The molecule has 3 heteroatoms.